The second-order valence-corrected chi connectivity index (χ2v) is 1.19. The fraction of sp³-hybridized carbons (Fsp3) is 0.500. The molecule has 0 aliphatic heterocycles. The summed E-state index contributed by atoms with van der Waals surface area (Å²) in [6.45, 7) is 6.22. The number of carbonyl (C=O) groups is 1. The summed E-state index contributed by atoms with van der Waals surface area (Å²) in [5, 5.41) is 0. The van der Waals surface area contributed by atoms with Crippen LogP contribution in [0, 0.1) is 6.92 Å². The Hall–Kier alpha value is -0.370. The SMILES string of the molecule is [CH]C(=O)[C@@H](C)N. The van der Waals surface area contributed by atoms with Crippen molar-refractivity contribution in [3.8, 4) is 0 Å². The van der Waals surface area contributed by atoms with E-state index in [1.807, 2.05) is 0 Å². The summed E-state index contributed by atoms with van der Waals surface area (Å²) in [6.07, 6.45) is 0. The number of hydrogen-bond donors (Lipinski definition) is 1. The highest BCUT2D eigenvalue weighted by Crippen LogP contribution is 1.71. The smallest absolute Gasteiger partial charge is 0.153 e. The zero-order valence-corrected chi connectivity index (χ0v) is 3.64. The van der Waals surface area contributed by atoms with E-state index in [9.17, 15) is 4.79 Å². The maximum atomic E-state index is 9.80. The fourth-order valence-electron chi connectivity index (χ4n) is 0. The molecule has 0 rings (SSSR count). The van der Waals surface area contributed by atoms with Crippen molar-refractivity contribution in [2.24, 2.45) is 5.73 Å². The molecule has 0 heterocycles. The number of nitrogens with two attached hydrogens (primary N) is 1. The normalized spacial score (nSPS) is 13.8. The third kappa shape index (κ3) is 1.91. The lowest BCUT2D eigenvalue weighted by Crippen LogP contribution is -2.23. The molecule has 0 aromatic carbocycles. The Balaban J connectivity index is 3.26. The summed E-state index contributed by atoms with van der Waals surface area (Å²) >= 11 is 0. The average molecular weight is 85.1 g/mol. The molecule has 0 aliphatic rings. The molecule has 1 atom stereocenters. The lowest BCUT2D eigenvalue weighted by Gasteiger charge is -1.91. The zero-order chi connectivity index (χ0) is 5.15. The monoisotopic (exact) mass is 85.1 g/mol. The molecule has 2 heteroatoms. The van der Waals surface area contributed by atoms with Crippen LogP contribution in [-0.2, 0) is 4.79 Å². The standard InChI is InChI=1S/C4H7NO/c1-3(5)4(2)6/h2-3H,5H2,1H3/t3-/m1/s1. The molecule has 0 bridgehead atoms. The highest BCUT2D eigenvalue weighted by Gasteiger charge is 1.95. The van der Waals surface area contributed by atoms with Crippen molar-refractivity contribution in [2.75, 3.05) is 0 Å². The highest BCUT2D eigenvalue weighted by atomic mass is 16.1. The molecule has 0 amide bonds. The molecule has 0 aromatic heterocycles. The molecule has 0 saturated carbocycles. The van der Waals surface area contributed by atoms with Crippen LogP contribution in [-0.4, -0.2) is 11.8 Å². The van der Waals surface area contributed by atoms with Gasteiger partial charge in [0.25, 0.3) is 0 Å². The van der Waals surface area contributed by atoms with Crippen molar-refractivity contribution in [1.82, 2.24) is 0 Å². The van der Waals surface area contributed by atoms with Crippen molar-refractivity contribution < 1.29 is 4.79 Å². The molecular weight excluding hydrogens is 78.0 g/mol. The van der Waals surface area contributed by atoms with Gasteiger partial charge in [-0.15, -0.1) is 0 Å². The summed E-state index contributed by atoms with van der Waals surface area (Å²) in [5.74, 6) is -0.463. The maximum Gasteiger partial charge on any atom is 0.153 e. The Labute approximate surface area is 37.3 Å². The molecule has 2 N–H and O–H groups in total. The third-order valence-electron chi connectivity index (χ3n) is 0.449. The van der Waals surface area contributed by atoms with Gasteiger partial charge in [0, 0.05) is 6.92 Å². The van der Waals surface area contributed by atoms with E-state index in [1.165, 1.54) is 0 Å². The summed E-state index contributed by atoms with van der Waals surface area (Å²) in [6, 6.07) is -0.509. The minimum atomic E-state index is -0.509. The number of Topliss-reactive ketones (excluding diaryl/α,β-unsaturated/α-hetero) is 1. The summed E-state index contributed by atoms with van der Waals surface area (Å²) in [5.41, 5.74) is 4.96. The Bertz CT molecular complexity index is 58.6. The summed E-state index contributed by atoms with van der Waals surface area (Å²) in [7, 11) is 0. The molecule has 0 aromatic rings. The van der Waals surface area contributed by atoms with E-state index in [-0.39, 0.29) is 0 Å². The minimum Gasteiger partial charge on any atom is -0.322 e. The molecule has 0 aliphatic carbocycles. The van der Waals surface area contributed by atoms with Crippen LogP contribution < -0.4 is 5.73 Å². The van der Waals surface area contributed by atoms with Crippen molar-refractivity contribution in [1.29, 1.82) is 0 Å². The van der Waals surface area contributed by atoms with Gasteiger partial charge in [-0.25, -0.2) is 0 Å². The molecule has 34 valence electrons. The Morgan fingerprint density at radius 1 is 2.00 bits per heavy atom. The van der Waals surface area contributed by atoms with E-state index >= 15 is 0 Å². The first-order chi connectivity index (χ1) is 2.64. The van der Waals surface area contributed by atoms with E-state index in [2.05, 4.69) is 6.92 Å². The van der Waals surface area contributed by atoms with Gasteiger partial charge in [0.2, 0.25) is 0 Å². The van der Waals surface area contributed by atoms with E-state index in [0.29, 0.717) is 0 Å². The molecule has 0 saturated heterocycles. The lowest BCUT2D eigenvalue weighted by molar-refractivity contribution is -0.115. The molecule has 2 radical (unpaired) electrons. The maximum absolute atomic E-state index is 9.80. The van der Waals surface area contributed by atoms with Gasteiger partial charge < -0.3 is 5.73 Å². The van der Waals surface area contributed by atoms with Gasteiger partial charge in [0.15, 0.2) is 5.78 Å². The van der Waals surface area contributed by atoms with E-state index < -0.39 is 11.8 Å². The second kappa shape index (κ2) is 1.92. The van der Waals surface area contributed by atoms with Crippen LogP contribution in [0.2, 0.25) is 0 Å². The quantitative estimate of drug-likeness (QED) is 0.471. The van der Waals surface area contributed by atoms with Gasteiger partial charge in [0.1, 0.15) is 0 Å². The van der Waals surface area contributed by atoms with Gasteiger partial charge >= 0.3 is 0 Å². The van der Waals surface area contributed by atoms with Crippen LogP contribution in [0.25, 0.3) is 0 Å². The first kappa shape index (κ1) is 5.63. The first-order valence-electron chi connectivity index (χ1n) is 1.69. The third-order valence-corrected chi connectivity index (χ3v) is 0.449. The Morgan fingerprint density at radius 2 is 2.17 bits per heavy atom. The molecule has 2 nitrogen and oxygen atoms in total. The summed E-state index contributed by atoms with van der Waals surface area (Å²) < 4.78 is 0. The van der Waals surface area contributed by atoms with Crippen LogP contribution in [0.15, 0.2) is 0 Å². The molecule has 0 unspecified atom stereocenters. The van der Waals surface area contributed by atoms with Crippen LogP contribution in [0.4, 0.5) is 0 Å². The zero-order valence-electron chi connectivity index (χ0n) is 3.64. The predicted molar refractivity (Wildman–Crippen MR) is 23.0 cm³/mol. The molecule has 0 spiro atoms. The van der Waals surface area contributed by atoms with Gasteiger partial charge in [0.05, 0.1) is 6.04 Å². The molecule has 6 heavy (non-hydrogen) atoms. The Kier molecular flexibility index (Phi) is 1.81. The number of carbonyl (C=O) groups excluding carboxylic acids is 1. The van der Waals surface area contributed by atoms with Crippen LogP contribution >= 0.6 is 0 Å². The largest absolute Gasteiger partial charge is 0.322 e. The second-order valence-electron chi connectivity index (χ2n) is 1.19. The molecule has 0 fully saturated rings. The van der Waals surface area contributed by atoms with Crippen molar-refractivity contribution in [3.05, 3.63) is 6.92 Å². The average Bonchev–Trinajstić information content (AvgIpc) is 1.36. The summed E-state index contributed by atoms with van der Waals surface area (Å²) in [4.78, 5) is 9.80. The Morgan fingerprint density at radius 3 is 2.17 bits per heavy atom. The highest BCUT2D eigenvalue weighted by molar-refractivity contribution is 5.87. The number of ketones is 1. The first-order valence-corrected chi connectivity index (χ1v) is 1.69. The van der Waals surface area contributed by atoms with Crippen molar-refractivity contribution in [3.63, 3.8) is 0 Å². The number of hydrogen-bond acceptors (Lipinski definition) is 2. The van der Waals surface area contributed by atoms with Crippen molar-refractivity contribution in [2.45, 2.75) is 13.0 Å². The van der Waals surface area contributed by atoms with Crippen molar-refractivity contribution >= 4 is 5.78 Å². The predicted octanol–water partition coefficient (Wildman–Crippen LogP) is -0.386. The van der Waals surface area contributed by atoms with E-state index in [4.69, 9.17) is 5.73 Å². The van der Waals surface area contributed by atoms with Gasteiger partial charge in [-0.2, -0.15) is 0 Å². The van der Waals surface area contributed by atoms with E-state index in [1.54, 1.807) is 6.92 Å². The minimum absolute atomic E-state index is 0.463. The van der Waals surface area contributed by atoms with E-state index in [0.717, 1.165) is 0 Å². The number of rotatable bonds is 1. The van der Waals surface area contributed by atoms with Crippen LogP contribution in [0.3, 0.4) is 0 Å². The topological polar surface area (TPSA) is 43.1 Å². The van der Waals surface area contributed by atoms with Gasteiger partial charge in [-0.1, -0.05) is 0 Å². The van der Waals surface area contributed by atoms with Crippen LogP contribution in [0.5, 0.6) is 0 Å². The lowest BCUT2D eigenvalue weighted by atomic mass is 10.3. The van der Waals surface area contributed by atoms with Gasteiger partial charge in [-0.05, 0) is 6.92 Å². The van der Waals surface area contributed by atoms with Crippen LogP contribution in [0.1, 0.15) is 6.92 Å². The van der Waals surface area contributed by atoms with Gasteiger partial charge in [-0.3, -0.25) is 4.79 Å². The fourth-order valence-corrected chi connectivity index (χ4v) is 0. The molecular formula is C4H7NO.